The van der Waals surface area contributed by atoms with Gasteiger partial charge in [0.15, 0.2) is 5.11 Å². The van der Waals surface area contributed by atoms with Crippen LogP contribution in [0.4, 0.5) is 0 Å². The highest BCUT2D eigenvalue weighted by Crippen LogP contribution is 2.49. The molecule has 0 radical (unpaired) electrons. The van der Waals surface area contributed by atoms with E-state index in [9.17, 15) is 5.11 Å². The van der Waals surface area contributed by atoms with Crippen LogP contribution in [0.25, 0.3) is 0 Å². The van der Waals surface area contributed by atoms with E-state index in [0.29, 0.717) is 5.92 Å². The van der Waals surface area contributed by atoms with Crippen LogP contribution in [-0.2, 0) is 0 Å². The molecule has 4 heteroatoms. The third kappa shape index (κ3) is 1.68. The maximum absolute atomic E-state index is 11.1. The minimum absolute atomic E-state index is 0.0804. The number of nitrogens with zero attached hydrogens (tertiary/aromatic N) is 1. The van der Waals surface area contributed by atoms with Crippen molar-refractivity contribution in [2.75, 3.05) is 7.05 Å². The van der Waals surface area contributed by atoms with Crippen LogP contribution in [0.15, 0.2) is 0 Å². The second-order valence-corrected chi connectivity index (χ2v) is 6.77. The molecule has 18 heavy (non-hydrogen) atoms. The zero-order valence-corrected chi connectivity index (χ0v) is 12.1. The average molecular weight is 268 g/mol. The minimum Gasteiger partial charge on any atom is -0.370 e. The maximum atomic E-state index is 11.1. The molecule has 3 nitrogen and oxygen atoms in total. The fraction of sp³-hybridized carbons (Fsp3) is 0.929. The van der Waals surface area contributed by atoms with E-state index in [1.54, 1.807) is 0 Å². The normalized spacial score (nSPS) is 39.3. The van der Waals surface area contributed by atoms with Gasteiger partial charge in [-0.3, -0.25) is 0 Å². The van der Waals surface area contributed by atoms with Crippen molar-refractivity contribution in [1.29, 1.82) is 0 Å². The fourth-order valence-corrected chi connectivity index (χ4v) is 4.84. The molecule has 0 bridgehead atoms. The van der Waals surface area contributed by atoms with Crippen LogP contribution in [0.2, 0.25) is 0 Å². The largest absolute Gasteiger partial charge is 0.370 e. The van der Waals surface area contributed by atoms with Crippen LogP contribution in [0.3, 0.4) is 0 Å². The number of hydrogen-bond donors (Lipinski definition) is 2. The van der Waals surface area contributed by atoms with Gasteiger partial charge in [-0.2, -0.15) is 0 Å². The molecule has 2 atom stereocenters. The Labute approximate surface area is 115 Å². The van der Waals surface area contributed by atoms with Crippen molar-refractivity contribution in [3.05, 3.63) is 0 Å². The summed E-state index contributed by atoms with van der Waals surface area (Å²) < 4.78 is 0. The van der Waals surface area contributed by atoms with E-state index in [1.165, 1.54) is 38.5 Å². The van der Waals surface area contributed by atoms with E-state index in [2.05, 4.69) is 5.32 Å². The predicted molar refractivity (Wildman–Crippen MR) is 76.2 cm³/mol. The van der Waals surface area contributed by atoms with Gasteiger partial charge in [0.25, 0.3) is 0 Å². The van der Waals surface area contributed by atoms with Crippen molar-refractivity contribution >= 4 is 17.3 Å². The van der Waals surface area contributed by atoms with Crippen LogP contribution in [0.1, 0.15) is 57.8 Å². The highest BCUT2D eigenvalue weighted by molar-refractivity contribution is 7.80. The summed E-state index contributed by atoms with van der Waals surface area (Å²) in [4.78, 5) is 1.92. The van der Waals surface area contributed by atoms with Crippen LogP contribution >= 0.6 is 12.2 Å². The van der Waals surface area contributed by atoms with E-state index in [4.69, 9.17) is 12.2 Å². The molecule has 1 spiro atoms. The molecule has 1 heterocycles. The zero-order valence-electron chi connectivity index (χ0n) is 11.2. The van der Waals surface area contributed by atoms with Crippen molar-refractivity contribution in [3.8, 4) is 0 Å². The van der Waals surface area contributed by atoms with Crippen molar-refractivity contribution in [2.24, 2.45) is 5.92 Å². The van der Waals surface area contributed by atoms with Gasteiger partial charge in [-0.1, -0.05) is 25.7 Å². The van der Waals surface area contributed by atoms with Gasteiger partial charge < -0.3 is 15.3 Å². The molecule has 2 saturated carbocycles. The van der Waals surface area contributed by atoms with Gasteiger partial charge in [0.2, 0.25) is 0 Å². The van der Waals surface area contributed by atoms with Crippen molar-refractivity contribution < 1.29 is 5.11 Å². The van der Waals surface area contributed by atoms with Crippen molar-refractivity contribution in [3.63, 3.8) is 0 Å². The Kier molecular flexibility index (Phi) is 3.06. The Bertz CT molecular complexity index is 354. The summed E-state index contributed by atoms with van der Waals surface area (Å²) in [5.74, 6) is 0.343. The molecule has 3 fully saturated rings. The van der Waals surface area contributed by atoms with E-state index < -0.39 is 5.72 Å². The number of aliphatic hydroxyl groups is 1. The first-order chi connectivity index (χ1) is 8.58. The number of thiocarbonyl (C=S) groups is 1. The molecule has 0 aromatic carbocycles. The maximum Gasteiger partial charge on any atom is 0.171 e. The first-order valence-corrected chi connectivity index (χ1v) is 7.78. The first-order valence-electron chi connectivity index (χ1n) is 7.37. The average Bonchev–Trinajstić information content (AvgIpc) is 2.38. The Morgan fingerprint density at radius 2 is 1.83 bits per heavy atom. The van der Waals surface area contributed by atoms with Crippen LogP contribution in [0, 0.1) is 5.92 Å². The van der Waals surface area contributed by atoms with Gasteiger partial charge in [-0.15, -0.1) is 0 Å². The smallest absolute Gasteiger partial charge is 0.171 e. The molecular formula is C14H24N2OS. The molecular weight excluding hydrogens is 244 g/mol. The molecule has 1 saturated heterocycles. The van der Waals surface area contributed by atoms with Crippen LogP contribution in [0.5, 0.6) is 0 Å². The van der Waals surface area contributed by atoms with E-state index in [0.717, 1.165) is 24.4 Å². The number of hydrogen-bond acceptors (Lipinski definition) is 2. The molecule has 0 aromatic rings. The Balaban J connectivity index is 1.97. The summed E-state index contributed by atoms with van der Waals surface area (Å²) in [5, 5.41) is 15.5. The topological polar surface area (TPSA) is 35.5 Å². The summed E-state index contributed by atoms with van der Waals surface area (Å²) >= 11 is 5.48. The molecule has 0 amide bonds. The second-order valence-electron chi connectivity index (χ2n) is 6.38. The summed E-state index contributed by atoms with van der Waals surface area (Å²) in [6.07, 6.45) is 10.6. The van der Waals surface area contributed by atoms with Gasteiger partial charge in [0.1, 0.15) is 5.72 Å². The van der Waals surface area contributed by atoms with Crippen LogP contribution in [-0.4, -0.2) is 33.4 Å². The van der Waals surface area contributed by atoms with Gasteiger partial charge in [0, 0.05) is 18.5 Å². The minimum atomic E-state index is -0.697. The molecule has 0 aromatic heterocycles. The Hall–Kier alpha value is -0.350. The van der Waals surface area contributed by atoms with Crippen molar-refractivity contribution in [1.82, 2.24) is 10.2 Å². The van der Waals surface area contributed by atoms with E-state index >= 15 is 0 Å². The summed E-state index contributed by atoms with van der Waals surface area (Å²) in [6.45, 7) is 0. The third-order valence-electron chi connectivity index (χ3n) is 5.50. The Morgan fingerprint density at radius 1 is 1.17 bits per heavy atom. The number of fused-ring (bicyclic) bond motifs is 2. The van der Waals surface area contributed by atoms with E-state index in [1.807, 2.05) is 11.9 Å². The summed E-state index contributed by atoms with van der Waals surface area (Å²) in [7, 11) is 1.95. The van der Waals surface area contributed by atoms with Gasteiger partial charge >= 0.3 is 0 Å². The lowest BCUT2D eigenvalue weighted by Crippen LogP contribution is -2.74. The number of nitrogens with one attached hydrogen (secondary N) is 1. The quantitative estimate of drug-likeness (QED) is 0.661. The van der Waals surface area contributed by atoms with Crippen molar-refractivity contribution in [2.45, 2.75) is 69.1 Å². The van der Waals surface area contributed by atoms with E-state index in [-0.39, 0.29) is 5.54 Å². The summed E-state index contributed by atoms with van der Waals surface area (Å²) in [5.41, 5.74) is -0.616. The molecule has 1 aliphatic heterocycles. The summed E-state index contributed by atoms with van der Waals surface area (Å²) in [6, 6.07) is 0. The lowest BCUT2D eigenvalue weighted by molar-refractivity contribution is -0.173. The highest BCUT2D eigenvalue weighted by Gasteiger charge is 2.57. The molecule has 0 unspecified atom stereocenters. The predicted octanol–water partition coefficient (Wildman–Crippen LogP) is 2.39. The molecule has 2 N–H and O–H groups in total. The zero-order chi connectivity index (χ0) is 12.8. The molecule has 102 valence electrons. The van der Waals surface area contributed by atoms with Gasteiger partial charge in [-0.05, 0) is 44.3 Å². The molecule has 3 rings (SSSR count). The van der Waals surface area contributed by atoms with Gasteiger partial charge in [0.05, 0.1) is 0 Å². The standard InChI is InChI=1S/C14H24N2OS/c1-16-12(18)15-13(8-4-2-5-9-13)11-7-3-6-10-14(11,16)17/h11,17H,2-10H2,1H3,(H,15,18)/t11-,14-/m1/s1. The lowest BCUT2D eigenvalue weighted by atomic mass is 9.62. The molecule has 3 aliphatic rings. The second kappa shape index (κ2) is 4.34. The number of rotatable bonds is 0. The highest BCUT2D eigenvalue weighted by atomic mass is 32.1. The fourth-order valence-electron chi connectivity index (χ4n) is 4.48. The SMILES string of the molecule is CN1C(=S)NC2(CCCCC2)[C@H]2CCCC[C@@]21O. The first kappa shape index (κ1) is 12.7. The monoisotopic (exact) mass is 268 g/mol. The molecule has 2 aliphatic carbocycles. The Morgan fingerprint density at radius 3 is 2.56 bits per heavy atom. The third-order valence-corrected chi connectivity index (χ3v) is 5.88. The van der Waals surface area contributed by atoms with Crippen LogP contribution < -0.4 is 5.32 Å². The lowest BCUT2D eigenvalue weighted by Gasteiger charge is -2.60. The van der Waals surface area contributed by atoms with Gasteiger partial charge in [-0.25, -0.2) is 0 Å².